The van der Waals surface area contributed by atoms with Gasteiger partial charge in [-0.15, -0.1) is 0 Å². The Bertz CT molecular complexity index is 483. The van der Waals surface area contributed by atoms with Gasteiger partial charge in [0.1, 0.15) is 0 Å². The zero-order valence-electron chi connectivity index (χ0n) is 13.5. The third-order valence-electron chi connectivity index (χ3n) is 5.02. The van der Waals surface area contributed by atoms with Crippen LogP contribution < -0.4 is 10.6 Å². The number of carbonyl (C=O) groups is 3. The van der Waals surface area contributed by atoms with Gasteiger partial charge in [-0.1, -0.05) is 19.8 Å². The molecule has 0 spiro atoms. The van der Waals surface area contributed by atoms with Crippen molar-refractivity contribution in [1.29, 1.82) is 0 Å². The first kappa shape index (κ1) is 16.6. The second-order valence-corrected chi connectivity index (χ2v) is 8.18. The SMILES string of the molecule is CC(CCCCC1SCC2NC(=O)NC21)CN1C(=O)CCC1=O. The van der Waals surface area contributed by atoms with Crippen LogP contribution in [-0.4, -0.2) is 52.4 Å². The lowest BCUT2D eigenvalue weighted by Gasteiger charge is -2.20. The van der Waals surface area contributed by atoms with Crippen LogP contribution in [0.2, 0.25) is 0 Å². The summed E-state index contributed by atoms with van der Waals surface area (Å²) in [7, 11) is 0. The topological polar surface area (TPSA) is 78.5 Å². The van der Waals surface area contributed by atoms with Gasteiger partial charge in [-0.3, -0.25) is 14.5 Å². The lowest BCUT2D eigenvalue weighted by atomic mass is 9.99. The molecule has 3 heterocycles. The first-order valence-corrected chi connectivity index (χ1v) is 9.61. The highest BCUT2D eigenvalue weighted by atomic mass is 32.2. The van der Waals surface area contributed by atoms with Gasteiger partial charge in [0.15, 0.2) is 0 Å². The maximum Gasteiger partial charge on any atom is 0.315 e. The Hall–Kier alpha value is -1.24. The van der Waals surface area contributed by atoms with E-state index in [0.717, 1.165) is 31.4 Å². The van der Waals surface area contributed by atoms with Crippen LogP contribution in [0.25, 0.3) is 0 Å². The van der Waals surface area contributed by atoms with E-state index < -0.39 is 0 Å². The van der Waals surface area contributed by atoms with Crippen LogP contribution in [0, 0.1) is 5.92 Å². The molecule has 3 aliphatic rings. The molecule has 0 bridgehead atoms. The van der Waals surface area contributed by atoms with E-state index in [1.54, 1.807) is 0 Å². The largest absolute Gasteiger partial charge is 0.332 e. The molecule has 3 rings (SSSR count). The van der Waals surface area contributed by atoms with Gasteiger partial charge in [0.2, 0.25) is 11.8 Å². The number of rotatable bonds is 7. The average molecular weight is 339 g/mol. The lowest BCUT2D eigenvalue weighted by Crippen LogP contribution is -2.36. The van der Waals surface area contributed by atoms with Crippen molar-refractivity contribution in [3.63, 3.8) is 0 Å². The van der Waals surface area contributed by atoms with Gasteiger partial charge in [0.05, 0.1) is 12.1 Å². The third kappa shape index (κ3) is 3.82. The quantitative estimate of drug-likeness (QED) is 0.418. The van der Waals surface area contributed by atoms with Gasteiger partial charge in [-0.2, -0.15) is 11.8 Å². The number of carbonyl (C=O) groups excluding carboxylic acids is 3. The standard InChI is InChI=1S/C16H25N3O3S/c1-10(8-19-13(20)6-7-14(19)21)4-2-3-5-12-15-11(9-23-12)17-16(22)18-15/h10-12,15H,2-9H2,1H3,(H2,17,18,22). The monoisotopic (exact) mass is 339 g/mol. The number of urea groups is 1. The predicted molar refractivity (Wildman–Crippen MR) is 89.1 cm³/mol. The number of likely N-dealkylation sites (tertiary alicyclic amines) is 1. The maximum atomic E-state index is 11.6. The number of amides is 4. The fourth-order valence-electron chi connectivity index (χ4n) is 3.71. The minimum Gasteiger partial charge on any atom is -0.332 e. The van der Waals surface area contributed by atoms with Crippen LogP contribution in [0.4, 0.5) is 4.79 Å². The molecule has 4 unspecified atom stereocenters. The number of imide groups is 1. The Morgan fingerprint density at radius 2 is 1.91 bits per heavy atom. The summed E-state index contributed by atoms with van der Waals surface area (Å²) in [6, 6.07) is 0.548. The first-order chi connectivity index (χ1) is 11.0. The summed E-state index contributed by atoms with van der Waals surface area (Å²) >= 11 is 1.95. The predicted octanol–water partition coefficient (Wildman–Crippen LogP) is 1.50. The summed E-state index contributed by atoms with van der Waals surface area (Å²) in [5, 5.41) is 6.49. The smallest absolute Gasteiger partial charge is 0.315 e. The van der Waals surface area contributed by atoms with Crippen LogP contribution in [-0.2, 0) is 9.59 Å². The molecule has 23 heavy (non-hydrogen) atoms. The van der Waals surface area contributed by atoms with E-state index in [2.05, 4.69) is 17.6 Å². The molecule has 7 heteroatoms. The van der Waals surface area contributed by atoms with Gasteiger partial charge in [-0.05, 0) is 18.8 Å². The number of hydrogen-bond donors (Lipinski definition) is 2. The van der Waals surface area contributed by atoms with E-state index in [-0.39, 0.29) is 23.9 Å². The van der Waals surface area contributed by atoms with E-state index in [0.29, 0.717) is 36.6 Å². The zero-order chi connectivity index (χ0) is 16.4. The van der Waals surface area contributed by atoms with Crippen molar-refractivity contribution < 1.29 is 14.4 Å². The van der Waals surface area contributed by atoms with Gasteiger partial charge in [0.25, 0.3) is 0 Å². The van der Waals surface area contributed by atoms with Gasteiger partial charge < -0.3 is 10.6 Å². The number of nitrogens with one attached hydrogen (secondary N) is 2. The highest BCUT2D eigenvalue weighted by Crippen LogP contribution is 2.33. The van der Waals surface area contributed by atoms with E-state index in [4.69, 9.17) is 0 Å². The number of fused-ring (bicyclic) bond motifs is 1. The van der Waals surface area contributed by atoms with Crippen LogP contribution in [0.15, 0.2) is 0 Å². The molecule has 128 valence electrons. The van der Waals surface area contributed by atoms with Crippen LogP contribution in [0.1, 0.15) is 45.4 Å². The average Bonchev–Trinajstić information content (AvgIpc) is 3.14. The Balaban J connectivity index is 1.33. The van der Waals surface area contributed by atoms with Crippen LogP contribution in [0.5, 0.6) is 0 Å². The number of thioether (sulfide) groups is 1. The molecule has 3 saturated heterocycles. The third-order valence-corrected chi connectivity index (χ3v) is 6.53. The Labute approximate surface area is 141 Å². The molecule has 3 fully saturated rings. The summed E-state index contributed by atoms with van der Waals surface area (Å²) < 4.78 is 0. The van der Waals surface area contributed by atoms with E-state index in [1.165, 1.54) is 4.90 Å². The second kappa shape index (κ2) is 7.11. The molecule has 6 nitrogen and oxygen atoms in total. The summed E-state index contributed by atoms with van der Waals surface area (Å²) in [6.45, 7) is 2.68. The molecular weight excluding hydrogens is 314 g/mol. The molecule has 4 amide bonds. The zero-order valence-corrected chi connectivity index (χ0v) is 14.4. The summed E-state index contributed by atoms with van der Waals surface area (Å²) in [6.07, 6.45) is 5.14. The summed E-state index contributed by atoms with van der Waals surface area (Å²) in [5.74, 6) is 1.33. The molecular formula is C16H25N3O3S. The maximum absolute atomic E-state index is 11.6. The van der Waals surface area contributed by atoms with Gasteiger partial charge in [0, 0.05) is 30.4 Å². The van der Waals surface area contributed by atoms with Crippen molar-refractivity contribution in [3.05, 3.63) is 0 Å². The van der Waals surface area contributed by atoms with E-state index in [9.17, 15) is 14.4 Å². The highest BCUT2D eigenvalue weighted by Gasteiger charge is 2.42. The molecule has 4 atom stereocenters. The van der Waals surface area contributed by atoms with Gasteiger partial charge in [-0.25, -0.2) is 4.79 Å². The molecule has 0 aromatic rings. The summed E-state index contributed by atoms with van der Waals surface area (Å²) in [5.41, 5.74) is 0. The van der Waals surface area contributed by atoms with Crippen molar-refractivity contribution in [1.82, 2.24) is 15.5 Å². The Morgan fingerprint density at radius 1 is 1.17 bits per heavy atom. The fourth-order valence-corrected chi connectivity index (χ4v) is 5.25. The molecule has 3 aliphatic heterocycles. The minimum atomic E-state index is -0.0288. The normalized spacial score (nSPS) is 31.3. The van der Waals surface area contributed by atoms with E-state index >= 15 is 0 Å². The number of unbranched alkanes of at least 4 members (excludes halogenated alkanes) is 1. The lowest BCUT2D eigenvalue weighted by molar-refractivity contribution is -0.139. The van der Waals surface area contributed by atoms with Crippen molar-refractivity contribution >= 4 is 29.6 Å². The Kier molecular flexibility index (Phi) is 5.14. The molecule has 0 aromatic heterocycles. The van der Waals surface area contributed by atoms with Crippen LogP contribution in [0.3, 0.4) is 0 Å². The van der Waals surface area contributed by atoms with Gasteiger partial charge >= 0.3 is 6.03 Å². The fraction of sp³-hybridized carbons (Fsp3) is 0.812. The van der Waals surface area contributed by atoms with Crippen molar-refractivity contribution in [3.8, 4) is 0 Å². The van der Waals surface area contributed by atoms with Crippen LogP contribution >= 0.6 is 11.8 Å². The summed E-state index contributed by atoms with van der Waals surface area (Å²) in [4.78, 5) is 36.0. The molecule has 0 radical (unpaired) electrons. The molecule has 0 saturated carbocycles. The Morgan fingerprint density at radius 3 is 2.65 bits per heavy atom. The minimum absolute atomic E-state index is 0.0141. The first-order valence-electron chi connectivity index (χ1n) is 8.56. The molecule has 2 N–H and O–H groups in total. The van der Waals surface area contributed by atoms with Crippen molar-refractivity contribution in [2.75, 3.05) is 12.3 Å². The van der Waals surface area contributed by atoms with E-state index in [1.807, 2.05) is 11.8 Å². The van der Waals surface area contributed by atoms with Crippen molar-refractivity contribution in [2.45, 2.75) is 62.8 Å². The second-order valence-electron chi connectivity index (χ2n) is 6.91. The number of nitrogens with zero attached hydrogens (tertiary/aromatic N) is 1. The highest BCUT2D eigenvalue weighted by molar-refractivity contribution is 8.00. The molecule has 0 aromatic carbocycles. The molecule has 0 aliphatic carbocycles. The van der Waals surface area contributed by atoms with Crippen molar-refractivity contribution in [2.24, 2.45) is 5.92 Å². The number of hydrogen-bond acceptors (Lipinski definition) is 4.